The van der Waals surface area contributed by atoms with Crippen LogP contribution in [-0.4, -0.2) is 84.0 Å². The summed E-state index contributed by atoms with van der Waals surface area (Å²) in [4.78, 5) is 15.5. The maximum absolute atomic E-state index is 11.6. The van der Waals surface area contributed by atoms with Crippen molar-refractivity contribution in [2.45, 2.75) is 84.0 Å². The van der Waals surface area contributed by atoms with Gasteiger partial charge in [0.05, 0.1) is 26.7 Å². The monoisotopic (exact) mass is 401 g/mol. The molecule has 0 rings (SSSR count). The molecule has 0 aliphatic rings. The molecular weight excluding hydrogens is 360 g/mol. The van der Waals surface area contributed by atoms with Crippen LogP contribution < -0.4 is 10.6 Å². The van der Waals surface area contributed by atoms with E-state index in [0.29, 0.717) is 23.9 Å². The standard InChI is InChI=1S/C20H40N4O4/c1-9-21-18(26)16(23-17(25)15(3)24(7,8)10-2)13-11-12-14-22-19(27)28-20(4,5)6/h15-18,23,25-26H,1,10-14H2,2-8H3/p+1. The molecule has 0 saturated heterocycles. The molecule has 0 aliphatic carbocycles. The Balaban J connectivity index is 4.59. The van der Waals surface area contributed by atoms with E-state index >= 15 is 0 Å². The van der Waals surface area contributed by atoms with Crippen molar-refractivity contribution in [2.75, 3.05) is 27.2 Å². The molecular formula is C20H41N4O4+. The normalized spacial score (nSPS) is 16.5. The molecule has 164 valence electrons. The molecule has 4 N–H and O–H groups in total. The van der Waals surface area contributed by atoms with Gasteiger partial charge in [0, 0.05) is 6.54 Å². The number of rotatable bonds is 12. The van der Waals surface area contributed by atoms with Gasteiger partial charge in [-0.05, 0) is 66.3 Å². The van der Waals surface area contributed by atoms with Crippen LogP contribution in [0.5, 0.6) is 0 Å². The van der Waals surface area contributed by atoms with Gasteiger partial charge in [0.1, 0.15) is 11.6 Å². The fourth-order valence-electron chi connectivity index (χ4n) is 2.52. The number of hydrogen-bond donors (Lipinski definition) is 4. The Kier molecular flexibility index (Phi) is 11.6. The number of aliphatic hydroxyl groups excluding tert-OH is 2. The molecule has 0 aliphatic heterocycles. The maximum atomic E-state index is 11.6. The van der Waals surface area contributed by atoms with Crippen LogP contribution in [0.1, 0.15) is 53.9 Å². The highest BCUT2D eigenvalue weighted by Gasteiger charge is 2.32. The summed E-state index contributed by atoms with van der Waals surface area (Å²) >= 11 is 0. The molecule has 0 radical (unpaired) electrons. The number of carbonyl (C=O) groups excluding carboxylic acids is 1. The zero-order valence-electron chi connectivity index (χ0n) is 18.7. The lowest BCUT2D eigenvalue weighted by Crippen LogP contribution is -2.59. The number of carbonyl (C=O) groups is 1. The van der Waals surface area contributed by atoms with Crippen molar-refractivity contribution >= 4 is 12.0 Å². The summed E-state index contributed by atoms with van der Waals surface area (Å²) in [5, 5.41) is 26.6. The van der Waals surface area contributed by atoms with E-state index in [4.69, 9.17) is 4.74 Å². The number of unbranched alkanes of at least 4 members (excludes halogenated alkanes) is 1. The van der Waals surface area contributed by atoms with Crippen molar-refractivity contribution in [2.24, 2.45) is 4.99 Å². The molecule has 0 aromatic carbocycles. The number of aliphatic hydroxyl groups is 2. The minimum absolute atomic E-state index is 0.0683. The third-order valence-corrected chi connectivity index (χ3v) is 4.95. The third kappa shape index (κ3) is 10.8. The van der Waals surface area contributed by atoms with Gasteiger partial charge in [-0.2, -0.15) is 0 Å². The molecule has 0 heterocycles. The lowest BCUT2D eigenvalue weighted by atomic mass is 10.1. The fourth-order valence-corrected chi connectivity index (χ4v) is 2.52. The molecule has 0 aromatic heterocycles. The van der Waals surface area contributed by atoms with Crippen LogP contribution in [0.25, 0.3) is 0 Å². The number of nitrogens with zero attached hydrogens (tertiary/aromatic N) is 2. The van der Waals surface area contributed by atoms with Gasteiger partial charge < -0.3 is 24.7 Å². The Morgan fingerprint density at radius 3 is 2.39 bits per heavy atom. The summed E-state index contributed by atoms with van der Waals surface area (Å²) in [7, 11) is 4.09. The largest absolute Gasteiger partial charge is 0.444 e. The van der Waals surface area contributed by atoms with Crippen molar-refractivity contribution < 1.29 is 24.2 Å². The average molecular weight is 402 g/mol. The Morgan fingerprint density at radius 2 is 1.89 bits per heavy atom. The number of quaternary nitrogens is 1. The number of likely N-dealkylation sites (N-methyl/N-ethyl adjacent to an activating group) is 1. The van der Waals surface area contributed by atoms with Crippen LogP contribution in [0.2, 0.25) is 0 Å². The van der Waals surface area contributed by atoms with Gasteiger partial charge >= 0.3 is 6.09 Å². The minimum Gasteiger partial charge on any atom is -0.444 e. The van der Waals surface area contributed by atoms with Crippen LogP contribution >= 0.6 is 0 Å². The SMILES string of the molecule is C=C=NC(O)C(CCCCNC(=O)OC(C)(C)C)NC(O)C(C)[N+](C)(C)CC. The second-order valence-corrected chi connectivity index (χ2v) is 8.68. The lowest BCUT2D eigenvalue weighted by Gasteiger charge is -2.39. The molecule has 0 aromatic rings. The summed E-state index contributed by atoms with van der Waals surface area (Å²) in [6.07, 6.45) is -0.271. The van der Waals surface area contributed by atoms with E-state index < -0.39 is 30.2 Å². The fraction of sp³-hybridized carbons (Fsp3) is 0.850. The highest BCUT2D eigenvalue weighted by atomic mass is 16.6. The maximum Gasteiger partial charge on any atom is 0.407 e. The first kappa shape index (κ1) is 26.6. The third-order valence-electron chi connectivity index (χ3n) is 4.95. The highest BCUT2D eigenvalue weighted by molar-refractivity contribution is 5.67. The predicted octanol–water partition coefficient (Wildman–Crippen LogP) is 1.62. The molecule has 0 saturated carbocycles. The summed E-state index contributed by atoms with van der Waals surface area (Å²) in [6.45, 7) is 14.2. The van der Waals surface area contributed by atoms with Crippen LogP contribution in [0, 0.1) is 0 Å². The number of amides is 1. The number of nitrogens with one attached hydrogen (secondary N) is 2. The minimum atomic E-state index is -1.05. The number of aliphatic imine (C=N–C) groups is 1. The van der Waals surface area contributed by atoms with E-state index in [1.165, 1.54) is 0 Å². The molecule has 0 bridgehead atoms. The van der Waals surface area contributed by atoms with E-state index in [-0.39, 0.29) is 6.04 Å². The smallest absolute Gasteiger partial charge is 0.407 e. The van der Waals surface area contributed by atoms with Crippen molar-refractivity contribution in [3.8, 4) is 0 Å². The molecule has 8 nitrogen and oxygen atoms in total. The molecule has 4 unspecified atom stereocenters. The summed E-state index contributed by atoms with van der Waals surface area (Å²) in [5.41, 5.74) is -0.524. The Morgan fingerprint density at radius 1 is 1.29 bits per heavy atom. The van der Waals surface area contributed by atoms with E-state index in [0.717, 1.165) is 13.0 Å². The first-order valence-corrected chi connectivity index (χ1v) is 9.97. The summed E-state index contributed by atoms with van der Waals surface area (Å²) in [6, 6.07) is -0.508. The van der Waals surface area contributed by atoms with Gasteiger partial charge in [0.15, 0.2) is 12.5 Å². The number of ether oxygens (including phenoxy) is 1. The summed E-state index contributed by atoms with van der Waals surface area (Å²) < 4.78 is 5.83. The highest BCUT2D eigenvalue weighted by Crippen LogP contribution is 2.13. The second-order valence-electron chi connectivity index (χ2n) is 8.68. The van der Waals surface area contributed by atoms with Crippen LogP contribution in [0.3, 0.4) is 0 Å². The van der Waals surface area contributed by atoms with Crippen molar-refractivity contribution in [3.05, 3.63) is 6.58 Å². The Labute approximate surface area is 170 Å². The first-order chi connectivity index (χ1) is 12.8. The molecule has 4 atom stereocenters. The van der Waals surface area contributed by atoms with Gasteiger partial charge in [0.25, 0.3) is 0 Å². The van der Waals surface area contributed by atoms with Gasteiger partial charge in [-0.25, -0.2) is 9.79 Å². The Hall–Kier alpha value is -1.44. The quantitative estimate of drug-likeness (QED) is 0.172. The zero-order chi connectivity index (χ0) is 22.0. The average Bonchev–Trinajstić information content (AvgIpc) is 2.58. The molecule has 0 spiro atoms. The van der Waals surface area contributed by atoms with Gasteiger partial charge in [-0.3, -0.25) is 5.32 Å². The first-order valence-electron chi connectivity index (χ1n) is 9.97. The van der Waals surface area contributed by atoms with E-state index in [1.54, 1.807) is 0 Å². The molecule has 1 amide bonds. The van der Waals surface area contributed by atoms with Gasteiger partial charge in [-0.15, -0.1) is 0 Å². The van der Waals surface area contributed by atoms with Gasteiger partial charge in [-0.1, -0.05) is 0 Å². The van der Waals surface area contributed by atoms with Crippen LogP contribution in [0.4, 0.5) is 4.79 Å². The lowest BCUT2D eigenvalue weighted by molar-refractivity contribution is -0.915. The van der Waals surface area contributed by atoms with Crippen molar-refractivity contribution in [1.82, 2.24) is 10.6 Å². The molecule has 0 fully saturated rings. The van der Waals surface area contributed by atoms with Crippen LogP contribution in [-0.2, 0) is 4.74 Å². The number of alkyl carbamates (subject to hydrolysis) is 1. The predicted molar refractivity (Wildman–Crippen MR) is 112 cm³/mol. The van der Waals surface area contributed by atoms with Crippen molar-refractivity contribution in [3.63, 3.8) is 0 Å². The van der Waals surface area contributed by atoms with Crippen molar-refractivity contribution in [1.29, 1.82) is 0 Å². The summed E-state index contributed by atoms with van der Waals surface area (Å²) in [5.74, 6) is 2.36. The topological polar surface area (TPSA) is 103 Å². The second kappa shape index (κ2) is 12.2. The van der Waals surface area contributed by atoms with E-state index in [9.17, 15) is 15.0 Å². The van der Waals surface area contributed by atoms with Crippen LogP contribution in [0.15, 0.2) is 11.6 Å². The van der Waals surface area contributed by atoms with E-state index in [2.05, 4.69) is 35.0 Å². The molecule has 28 heavy (non-hydrogen) atoms. The van der Waals surface area contributed by atoms with E-state index in [1.807, 2.05) is 41.8 Å². The zero-order valence-corrected chi connectivity index (χ0v) is 18.7. The Bertz CT molecular complexity index is 513. The number of hydrogen-bond acceptors (Lipinski definition) is 6. The van der Waals surface area contributed by atoms with Gasteiger partial charge in [0.2, 0.25) is 0 Å². The molecule has 8 heteroatoms.